The molecule has 1 aromatic heterocycles. The standard InChI is InChI=1S/C31H37FN2O7/c1-5-37-29(35)23-15-17-25-27(28(23)40-20-8-19-39-26-9-6-7-18-38-26)24(16-12-21-10-13-22(32)14-11-21)33-34(25)30(36)41-31(2,3)4/h10-17,26H,5-9,18-20H2,1-4H3/b16-12+. The molecule has 0 saturated carbocycles. The molecule has 0 aliphatic carbocycles. The van der Waals surface area contributed by atoms with E-state index in [1.54, 1.807) is 64.1 Å². The maximum absolute atomic E-state index is 13.4. The smallest absolute Gasteiger partial charge is 0.435 e. The number of halogens is 1. The van der Waals surface area contributed by atoms with Crippen LogP contribution in [-0.2, 0) is 18.9 Å². The van der Waals surface area contributed by atoms with Crippen molar-refractivity contribution >= 4 is 35.1 Å². The molecule has 1 saturated heterocycles. The lowest BCUT2D eigenvalue weighted by molar-refractivity contribution is -0.163. The summed E-state index contributed by atoms with van der Waals surface area (Å²) < 4.78 is 43.1. The minimum Gasteiger partial charge on any atom is -0.492 e. The van der Waals surface area contributed by atoms with Crippen LogP contribution < -0.4 is 4.74 Å². The van der Waals surface area contributed by atoms with Crippen LogP contribution in [-0.4, -0.2) is 60.2 Å². The molecule has 0 radical (unpaired) electrons. The number of benzene rings is 2. The van der Waals surface area contributed by atoms with E-state index >= 15 is 0 Å². The molecule has 4 rings (SSSR count). The second kappa shape index (κ2) is 13.7. The molecule has 220 valence electrons. The minimum atomic E-state index is -0.758. The molecule has 10 heteroatoms. The van der Waals surface area contributed by atoms with E-state index < -0.39 is 17.7 Å². The number of aromatic nitrogens is 2. The number of rotatable bonds is 10. The Morgan fingerprint density at radius 2 is 1.88 bits per heavy atom. The zero-order valence-corrected chi connectivity index (χ0v) is 24.0. The van der Waals surface area contributed by atoms with Gasteiger partial charge in [-0.05, 0) is 82.9 Å². The third-order valence-corrected chi connectivity index (χ3v) is 6.17. The van der Waals surface area contributed by atoms with Crippen LogP contribution >= 0.6 is 0 Å². The first-order chi connectivity index (χ1) is 19.7. The van der Waals surface area contributed by atoms with Crippen LogP contribution in [0.2, 0.25) is 0 Å². The normalized spacial score (nSPS) is 15.8. The molecule has 0 spiro atoms. The third kappa shape index (κ3) is 8.14. The van der Waals surface area contributed by atoms with Gasteiger partial charge in [0.05, 0.1) is 36.4 Å². The topological polar surface area (TPSA) is 98.1 Å². The summed E-state index contributed by atoms with van der Waals surface area (Å²) in [6.45, 7) is 8.54. The van der Waals surface area contributed by atoms with E-state index in [1.807, 2.05) is 0 Å². The number of carbonyl (C=O) groups excluding carboxylic acids is 2. The number of ether oxygens (including phenoxy) is 5. The molecular formula is C31H37FN2O7. The van der Waals surface area contributed by atoms with Crippen LogP contribution in [0.15, 0.2) is 36.4 Å². The summed E-state index contributed by atoms with van der Waals surface area (Å²) >= 11 is 0. The largest absolute Gasteiger partial charge is 0.492 e. The summed E-state index contributed by atoms with van der Waals surface area (Å²) in [6, 6.07) is 9.12. The summed E-state index contributed by atoms with van der Waals surface area (Å²) in [5.41, 5.74) is 0.927. The molecular weight excluding hydrogens is 531 g/mol. The quantitative estimate of drug-likeness (QED) is 0.199. The maximum Gasteiger partial charge on any atom is 0.435 e. The Bertz CT molecular complexity index is 1370. The summed E-state index contributed by atoms with van der Waals surface area (Å²) in [5, 5.41) is 4.97. The predicted octanol–water partition coefficient (Wildman–Crippen LogP) is 6.62. The van der Waals surface area contributed by atoms with Gasteiger partial charge in [0.2, 0.25) is 0 Å². The van der Waals surface area contributed by atoms with Crippen molar-refractivity contribution in [3.8, 4) is 5.75 Å². The average Bonchev–Trinajstić information content (AvgIpc) is 3.31. The van der Waals surface area contributed by atoms with Crippen LogP contribution in [0.5, 0.6) is 5.75 Å². The van der Waals surface area contributed by atoms with E-state index in [1.165, 1.54) is 12.1 Å². The first-order valence-electron chi connectivity index (χ1n) is 13.9. The van der Waals surface area contributed by atoms with E-state index in [4.69, 9.17) is 23.7 Å². The minimum absolute atomic E-state index is 0.181. The Balaban J connectivity index is 1.71. The number of hydrogen-bond acceptors (Lipinski definition) is 8. The van der Waals surface area contributed by atoms with Gasteiger partial charge < -0.3 is 23.7 Å². The van der Waals surface area contributed by atoms with Crippen LogP contribution in [0, 0.1) is 5.82 Å². The van der Waals surface area contributed by atoms with Crippen LogP contribution in [0.4, 0.5) is 9.18 Å². The summed E-state index contributed by atoms with van der Waals surface area (Å²) in [7, 11) is 0. The van der Waals surface area contributed by atoms with Gasteiger partial charge in [-0.3, -0.25) is 0 Å². The van der Waals surface area contributed by atoms with Crippen molar-refractivity contribution in [1.82, 2.24) is 9.78 Å². The van der Waals surface area contributed by atoms with Crippen molar-refractivity contribution in [2.75, 3.05) is 26.4 Å². The van der Waals surface area contributed by atoms with Gasteiger partial charge in [0, 0.05) is 13.0 Å². The molecule has 2 heterocycles. The Morgan fingerprint density at radius 1 is 1.10 bits per heavy atom. The van der Waals surface area contributed by atoms with Crippen molar-refractivity contribution in [2.45, 2.75) is 65.3 Å². The lowest BCUT2D eigenvalue weighted by atomic mass is 10.1. The fourth-order valence-corrected chi connectivity index (χ4v) is 4.33. The number of carbonyl (C=O) groups is 2. The fraction of sp³-hybridized carbons (Fsp3) is 0.452. The van der Waals surface area contributed by atoms with Crippen molar-refractivity contribution in [3.63, 3.8) is 0 Å². The summed E-state index contributed by atoms with van der Waals surface area (Å²) in [4.78, 5) is 26.1. The highest BCUT2D eigenvalue weighted by molar-refractivity contribution is 6.05. The zero-order chi connectivity index (χ0) is 29.4. The molecule has 3 aromatic rings. The van der Waals surface area contributed by atoms with Gasteiger partial charge in [0.25, 0.3) is 0 Å². The SMILES string of the molecule is CCOC(=O)c1ccc2c(c(/C=C/c3ccc(F)cc3)nn2C(=O)OC(C)(C)C)c1OCCCOC1CCCCO1. The second-order valence-corrected chi connectivity index (χ2v) is 10.6. The molecule has 1 unspecified atom stereocenters. The predicted molar refractivity (Wildman–Crippen MR) is 152 cm³/mol. The van der Waals surface area contributed by atoms with Crippen LogP contribution in [0.3, 0.4) is 0 Å². The van der Waals surface area contributed by atoms with E-state index in [9.17, 15) is 14.0 Å². The first-order valence-corrected chi connectivity index (χ1v) is 13.9. The van der Waals surface area contributed by atoms with Gasteiger partial charge in [0.15, 0.2) is 6.29 Å². The van der Waals surface area contributed by atoms with Gasteiger partial charge in [0.1, 0.15) is 22.7 Å². The van der Waals surface area contributed by atoms with E-state index in [-0.39, 0.29) is 36.6 Å². The zero-order valence-electron chi connectivity index (χ0n) is 24.0. The Hall–Kier alpha value is -3.76. The van der Waals surface area contributed by atoms with Gasteiger partial charge in [-0.2, -0.15) is 9.78 Å². The molecule has 41 heavy (non-hydrogen) atoms. The highest BCUT2D eigenvalue weighted by Crippen LogP contribution is 2.35. The molecule has 9 nitrogen and oxygen atoms in total. The van der Waals surface area contributed by atoms with E-state index in [2.05, 4.69) is 5.10 Å². The van der Waals surface area contributed by atoms with Crippen molar-refractivity contribution in [1.29, 1.82) is 0 Å². The maximum atomic E-state index is 13.4. The average molecular weight is 569 g/mol. The lowest BCUT2D eigenvalue weighted by Crippen LogP contribution is -2.27. The lowest BCUT2D eigenvalue weighted by Gasteiger charge is -2.22. The van der Waals surface area contributed by atoms with Crippen molar-refractivity contribution in [3.05, 3.63) is 59.0 Å². The van der Waals surface area contributed by atoms with Crippen molar-refractivity contribution in [2.24, 2.45) is 0 Å². The molecule has 1 aliphatic rings. The van der Waals surface area contributed by atoms with Crippen molar-refractivity contribution < 1.29 is 37.7 Å². The third-order valence-electron chi connectivity index (χ3n) is 6.17. The molecule has 0 bridgehead atoms. The van der Waals surface area contributed by atoms with Gasteiger partial charge in [-0.25, -0.2) is 14.0 Å². The monoisotopic (exact) mass is 568 g/mol. The Kier molecular flexibility index (Phi) is 10.1. The molecule has 0 amide bonds. The number of esters is 1. The highest BCUT2D eigenvalue weighted by atomic mass is 19.1. The fourth-order valence-electron chi connectivity index (χ4n) is 4.33. The van der Waals surface area contributed by atoms with E-state index in [0.29, 0.717) is 36.2 Å². The molecule has 1 aliphatic heterocycles. The number of fused-ring (bicyclic) bond motifs is 1. The van der Waals surface area contributed by atoms with Gasteiger partial charge in [-0.1, -0.05) is 18.2 Å². The highest BCUT2D eigenvalue weighted by Gasteiger charge is 2.27. The van der Waals surface area contributed by atoms with Crippen LogP contribution in [0.25, 0.3) is 23.1 Å². The number of nitrogens with zero attached hydrogens (tertiary/aromatic N) is 2. The molecule has 0 N–H and O–H groups in total. The second-order valence-electron chi connectivity index (χ2n) is 10.6. The van der Waals surface area contributed by atoms with Gasteiger partial charge in [-0.15, -0.1) is 0 Å². The Labute approximate surface area is 239 Å². The van der Waals surface area contributed by atoms with E-state index in [0.717, 1.165) is 29.5 Å². The first kappa shape index (κ1) is 30.2. The molecule has 1 fully saturated rings. The summed E-state index contributed by atoms with van der Waals surface area (Å²) in [5.74, 6) is -0.672. The molecule has 2 aromatic carbocycles. The molecule has 1 atom stereocenters. The Morgan fingerprint density at radius 3 is 2.56 bits per heavy atom. The van der Waals surface area contributed by atoms with Gasteiger partial charge >= 0.3 is 12.1 Å². The summed E-state index contributed by atoms with van der Waals surface area (Å²) in [6.07, 6.45) is 6.04. The number of hydrogen-bond donors (Lipinski definition) is 0. The van der Waals surface area contributed by atoms with Crippen LogP contribution in [0.1, 0.15) is 75.0 Å².